The van der Waals surface area contributed by atoms with Gasteiger partial charge in [0.25, 0.3) is 5.69 Å². The van der Waals surface area contributed by atoms with Gasteiger partial charge >= 0.3 is 0 Å². The summed E-state index contributed by atoms with van der Waals surface area (Å²) >= 11 is 6.72. The molecule has 2 heterocycles. The number of hydrogen-bond donors (Lipinski definition) is 1. The molecule has 0 unspecified atom stereocenters. The molecule has 1 N–H and O–H groups in total. The van der Waals surface area contributed by atoms with E-state index in [9.17, 15) is 24.8 Å². The molecule has 144 valence electrons. The molecule has 10 nitrogen and oxygen atoms in total. The number of aliphatic carboxylic acids is 1. The van der Waals surface area contributed by atoms with Gasteiger partial charge in [-0.15, -0.1) is 5.10 Å². The molecule has 0 saturated carbocycles. The average molecular weight is 422 g/mol. The summed E-state index contributed by atoms with van der Waals surface area (Å²) in [6.45, 7) is 0. The van der Waals surface area contributed by atoms with Crippen LogP contribution in [0.15, 0.2) is 45.0 Å². The first-order valence-electron chi connectivity index (χ1n) is 7.66. The van der Waals surface area contributed by atoms with Crippen molar-refractivity contribution in [2.24, 2.45) is 10.2 Å². The fraction of sp³-hybridized carbons (Fsp3) is 0.125. The summed E-state index contributed by atoms with van der Waals surface area (Å²) in [5.74, 6) is -1.13. The highest BCUT2D eigenvalue weighted by molar-refractivity contribution is 8.15. The van der Waals surface area contributed by atoms with Gasteiger partial charge in [-0.1, -0.05) is 23.4 Å². The Morgan fingerprint density at radius 2 is 2.18 bits per heavy atom. The third kappa shape index (κ3) is 4.56. The van der Waals surface area contributed by atoms with Crippen LogP contribution in [0.5, 0.6) is 0 Å². The Morgan fingerprint density at radius 1 is 1.39 bits per heavy atom. The smallest absolute Gasteiger partial charge is 0.288 e. The zero-order valence-electron chi connectivity index (χ0n) is 13.8. The van der Waals surface area contributed by atoms with Crippen molar-refractivity contribution in [1.29, 1.82) is 0 Å². The zero-order chi connectivity index (χ0) is 20.3. The van der Waals surface area contributed by atoms with Gasteiger partial charge in [0, 0.05) is 24.0 Å². The third-order valence-electron chi connectivity index (χ3n) is 3.52. The van der Waals surface area contributed by atoms with Crippen molar-refractivity contribution in [3.05, 3.63) is 51.2 Å². The summed E-state index contributed by atoms with van der Waals surface area (Å²) < 4.78 is 5.54. The van der Waals surface area contributed by atoms with Gasteiger partial charge in [0.1, 0.15) is 16.5 Å². The number of amides is 1. The fourth-order valence-corrected chi connectivity index (χ4v) is 3.35. The normalized spacial score (nSPS) is 18.0. The van der Waals surface area contributed by atoms with Crippen LogP contribution in [0.4, 0.5) is 5.69 Å². The number of carbonyl (C=O) groups is 2. The number of thioether (sulfide) groups is 1. The molecule has 0 aliphatic carbocycles. The lowest BCUT2D eigenvalue weighted by atomic mass is 10.1. The van der Waals surface area contributed by atoms with Gasteiger partial charge in [-0.05, 0) is 24.3 Å². The van der Waals surface area contributed by atoms with Crippen molar-refractivity contribution in [2.45, 2.75) is 11.7 Å². The molecule has 12 heteroatoms. The van der Waals surface area contributed by atoms with Gasteiger partial charge in [0.2, 0.25) is 5.91 Å². The van der Waals surface area contributed by atoms with E-state index in [1.807, 2.05) is 0 Å². The number of halogens is 1. The number of nitrogens with one attached hydrogen (secondary N) is 1. The lowest BCUT2D eigenvalue weighted by Gasteiger charge is -2.04. The van der Waals surface area contributed by atoms with Crippen LogP contribution in [-0.2, 0) is 9.59 Å². The second-order valence-electron chi connectivity index (χ2n) is 5.45. The van der Waals surface area contributed by atoms with E-state index >= 15 is 0 Å². The van der Waals surface area contributed by atoms with Gasteiger partial charge in [-0.25, -0.2) is 0 Å². The quantitative estimate of drug-likeness (QED) is 0.422. The summed E-state index contributed by atoms with van der Waals surface area (Å²) in [5, 5.41) is 30.9. The van der Waals surface area contributed by atoms with Gasteiger partial charge in [-0.2, -0.15) is 5.10 Å². The third-order valence-corrected chi connectivity index (χ3v) is 4.91. The van der Waals surface area contributed by atoms with Gasteiger partial charge in [0.05, 0.1) is 16.4 Å². The topological polar surface area (TPSA) is 150 Å². The number of carboxylic acids is 1. The van der Waals surface area contributed by atoms with Crippen molar-refractivity contribution >= 4 is 52.3 Å². The Labute approximate surface area is 166 Å². The number of benzene rings is 1. The minimum Gasteiger partial charge on any atom is -0.550 e. The molecule has 2 aromatic rings. The van der Waals surface area contributed by atoms with Crippen LogP contribution in [0.25, 0.3) is 11.3 Å². The lowest BCUT2D eigenvalue weighted by molar-refractivity contribution is -0.384. The van der Waals surface area contributed by atoms with Crippen LogP contribution >= 0.6 is 23.4 Å². The molecule has 0 radical (unpaired) electrons. The van der Waals surface area contributed by atoms with Gasteiger partial charge in [0.15, 0.2) is 5.17 Å². The van der Waals surface area contributed by atoms with Crippen molar-refractivity contribution in [3.8, 4) is 11.3 Å². The summed E-state index contributed by atoms with van der Waals surface area (Å²) in [5.41, 5.74) is 0.225. The molecule has 1 aromatic carbocycles. The van der Waals surface area contributed by atoms with E-state index in [1.54, 1.807) is 18.2 Å². The Balaban J connectivity index is 1.70. The monoisotopic (exact) mass is 421 g/mol. The highest BCUT2D eigenvalue weighted by Gasteiger charge is 2.30. The van der Waals surface area contributed by atoms with Crippen LogP contribution in [0.2, 0.25) is 5.02 Å². The highest BCUT2D eigenvalue weighted by Crippen LogP contribution is 2.31. The Hall–Kier alpha value is -3.18. The van der Waals surface area contributed by atoms with Crippen LogP contribution in [0.3, 0.4) is 0 Å². The minimum absolute atomic E-state index is 0.0195. The average Bonchev–Trinajstić information content (AvgIpc) is 3.22. The summed E-state index contributed by atoms with van der Waals surface area (Å²) in [7, 11) is 0. The summed E-state index contributed by atoms with van der Waals surface area (Å²) in [6.07, 6.45) is 0.855. The molecule has 0 spiro atoms. The van der Waals surface area contributed by atoms with E-state index in [-0.39, 0.29) is 15.9 Å². The van der Waals surface area contributed by atoms with E-state index < -0.39 is 28.5 Å². The first-order valence-corrected chi connectivity index (χ1v) is 8.92. The zero-order valence-corrected chi connectivity index (χ0v) is 15.4. The number of nitro benzene ring substituents is 1. The van der Waals surface area contributed by atoms with Crippen molar-refractivity contribution in [2.75, 3.05) is 0 Å². The Kier molecular flexibility index (Phi) is 5.76. The Bertz CT molecular complexity index is 1020. The summed E-state index contributed by atoms with van der Waals surface area (Å²) in [4.78, 5) is 32.5. The second kappa shape index (κ2) is 8.23. The molecule has 3 rings (SSSR count). The molecule has 0 bridgehead atoms. The maximum atomic E-state index is 11.6. The molecule has 28 heavy (non-hydrogen) atoms. The second-order valence-corrected chi connectivity index (χ2v) is 7.05. The molecule has 1 atom stereocenters. The molecular formula is C16H10ClN4O6S-. The van der Waals surface area contributed by atoms with Crippen molar-refractivity contribution in [1.82, 2.24) is 5.32 Å². The largest absolute Gasteiger partial charge is 0.550 e. The number of hydrogen-bond acceptors (Lipinski definition) is 9. The molecule has 1 aromatic heterocycles. The number of carbonyl (C=O) groups excluding carboxylic acids is 2. The minimum atomic E-state index is -1.33. The fourth-order valence-electron chi connectivity index (χ4n) is 2.26. The highest BCUT2D eigenvalue weighted by atomic mass is 35.5. The summed E-state index contributed by atoms with van der Waals surface area (Å²) in [6, 6.07) is 7.46. The van der Waals surface area contributed by atoms with Crippen LogP contribution in [0, 0.1) is 10.1 Å². The van der Waals surface area contributed by atoms with Crippen molar-refractivity contribution < 1.29 is 24.0 Å². The molecule has 1 saturated heterocycles. The van der Waals surface area contributed by atoms with E-state index in [2.05, 4.69) is 15.5 Å². The van der Waals surface area contributed by atoms with E-state index in [0.29, 0.717) is 17.1 Å². The first-order chi connectivity index (χ1) is 13.3. The maximum Gasteiger partial charge on any atom is 0.288 e. The molecule has 1 amide bonds. The Morgan fingerprint density at radius 3 is 2.89 bits per heavy atom. The number of amidine groups is 1. The number of furan rings is 1. The van der Waals surface area contributed by atoms with Gasteiger partial charge in [-0.3, -0.25) is 14.9 Å². The maximum absolute atomic E-state index is 11.6. The number of carboxylic acid groups (broad SMARTS) is 1. The van der Waals surface area contributed by atoms with E-state index in [1.165, 1.54) is 18.3 Å². The number of nitrogens with zero attached hydrogens (tertiary/aromatic N) is 3. The predicted octanol–water partition coefficient (Wildman–Crippen LogP) is 1.57. The van der Waals surface area contributed by atoms with Crippen LogP contribution in [-0.4, -0.2) is 33.4 Å². The van der Waals surface area contributed by atoms with Crippen molar-refractivity contribution in [3.63, 3.8) is 0 Å². The molecule has 1 fully saturated rings. The SMILES string of the molecule is O=C([O-])C[C@@H]1S/C(=N\N=C/c2ccc(-c3ccc(Cl)c([N+](=O)[O-])c3)o2)NC1=O. The molecule has 1 aliphatic heterocycles. The first kappa shape index (κ1) is 19.6. The lowest BCUT2D eigenvalue weighted by Crippen LogP contribution is -2.31. The van der Waals surface area contributed by atoms with E-state index in [0.717, 1.165) is 11.8 Å². The number of nitro groups is 1. The van der Waals surface area contributed by atoms with Crippen LogP contribution in [0.1, 0.15) is 12.2 Å². The van der Waals surface area contributed by atoms with E-state index in [4.69, 9.17) is 16.0 Å². The molecule has 1 aliphatic rings. The standard InChI is InChI=1S/C16H11ClN4O6S/c17-10-3-1-8(5-11(10)21(25)26)12-4-2-9(27-12)7-18-20-16-19-15(24)13(28-16)6-14(22)23/h1-5,7,13H,6H2,(H,22,23)(H,19,20,24)/p-1/b18-7-/t13-/m0/s1. The van der Waals surface area contributed by atoms with Gasteiger partial charge < -0.3 is 19.6 Å². The number of rotatable bonds is 6. The van der Waals surface area contributed by atoms with Crippen LogP contribution < -0.4 is 10.4 Å². The molecular weight excluding hydrogens is 412 g/mol. The predicted molar refractivity (Wildman–Crippen MR) is 100.0 cm³/mol.